The number of rotatable bonds is 7. The van der Waals surface area contributed by atoms with Crippen molar-refractivity contribution in [2.45, 2.75) is 19.1 Å². The SMILES string of the molecule is O=C(CCOCCn1cnc2c(=O)[nH]ncc21)N1CCN(c2ncc(C(F)(F)F)cn2)CC1. The van der Waals surface area contributed by atoms with E-state index in [1.54, 1.807) is 14.4 Å². The van der Waals surface area contributed by atoms with Crippen molar-refractivity contribution in [3.05, 3.63) is 40.8 Å². The Hall–Kier alpha value is -3.55. The highest BCUT2D eigenvalue weighted by Crippen LogP contribution is 2.28. The number of aromatic nitrogens is 6. The van der Waals surface area contributed by atoms with Gasteiger partial charge in [-0.1, -0.05) is 0 Å². The van der Waals surface area contributed by atoms with Crippen molar-refractivity contribution in [3.63, 3.8) is 0 Å². The summed E-state index contributed by atoms with van der Waals surface area (Å²) in [7, 11) is 0. The molecule has 0 aromatic carbocycles. The van der Waals surface area contributed by atoms with Gasteiger partial charge in [-0.2, -0.15) is 18.3 Å². The van der Waals surface area contributed by atoms with Crippen LogP contribution in [0.2, 0.25) is 0 Å². The van der Waals surface area contributed by atoms with E-state index in [1.165, 1.54) is 12.5 Å². The van der Waals surface area contributed by atoms with Gasteiger partial charge in [-0.15, -0.1) is 0 Å². The van der Waals surface area contributed by atoms with Gasteiger partial charge in [0, 0.05) is 45.1 Å². The van der Waals surface area contributed by atoms with Crippen molar-refractivity contribution >= 4 is 22.9 Å². The van der Waals surface area contributed by atoms with Crippen molar-refractivity contribution in [3.8, 4) is 0 Å². The summed E-state index contributed by atoms with van der Waals surface area (Å²) in [6.45, 7) is 2.74. The Bertz CT molecular complexity index is 1150. The second kappa shape index (κ2) is 9.52. The van der Waals surface area contributed by atoms with E-state index in [2.05, 4.69) is 25.1 Å². The lowest BCUT2D eigenvalue weighted by molar-refractivity contribution is -0.138. The maximum atomic E-state index is 12.6. The van der Waals surface area contributed by atoms with E-state index in [0.29, 0.717) is 50.4 Å². The standard InChI is InChI=1S/C19H21F3N8O3/c20-19(21,22)13-9-23-18(24-10-13)29-4-2-28(3-5-29)15(31)1-7-33-8-6-30-12-25-16-14(30)11-26-27-17(16)32/h9-12H,1-8H2,(H,27,32). The van der Waals surface area contributed by atoms with E-state index in [9.17, 15) is 22.8 Å². The summed E-state index contributed by atoms with van der Waals surface area (Å²) in [4.78, 5) is 39.1. The quantitative estimate of drug-likeness (QED) is 0.505. The molecule has 176 valence electrons. The average molecular weight is 466 g/mol. The molecule has 1 amide bonds. The third kappa shape index (κ3) is 5.27. The smallest absolute Gasteiger partial charge is 0.379 e. The average Bonchev–Trinajstić information content (AvgIpc) is 3.23. The highest BCUT2D eigenvalue weighted by atomic mass is 19.4. The van der Waals surface area contributed by atoms with Crippen LogP contribution in [0.25, 0.3) is 11.0 Å². The Morgan fingerprint density at radius 3 is 2.48 bits per heavy atom. The van der Waals surface area contributed by atoms with E-state index in [-0.39, 0.29) is 30.4 Å². The number of ether oxygens (including phenoxy) is 1. The lowest BCUT2D eigenvalue weighted by atomic mass is 10.3. The van der Waals surface area contributed by atoms with Crippen LogP contribution in [0.15, 0.2) is 29.7 Å². The molecule has 4 heterocycles. The second-order valence-corrected chi connectivity index (χ2v) is 7.37. The van der Waals surface area contributed by atoms with Crippen LogP contribution >= 0.6 is 0 Å². The third-order valence-corrected chi connectivity index (χ3v) is 5.26. The molecule has 0 aliphatic carbocycles. The van der Waals surface area contributed by atoms with E-state index in [1.807, 2.05) is 0 Å². The van der Waals surface area contributed by atoms with E-state index < -0.39 is 11.7 Å². The summed E-state index contributed by atoms with van der Waals surface area (Å²) in [5.74, 6) is 0.148. The first kappa shape index (κ1) is 22.6. The molecule has 0 radical (unpaired) electrons. The Kier molecular flexibility index (Phi) is 6.53. The first-order valence-electron chi connectivity index (χ1n) is 10.2. The molecule has 1 aliphatic rings. The molecular weight excluding hydrogens is 445 g/mol. The molecule has 33 heavy (non-hydrogen) atoms. The fourth-order valence-electron chi connectivity index (χ4n) is 3.45. The number of fused-ring (bicyclic) bond motifs is 1. The fraction of sp³-hybridized carbons (Fsp3) is 0.474. The minimum absolute atomic E-state index is 0.0631. The molecule has 1 saturated heterocycles. The number of piperazine rings is 1. The summed E-state index contributed by atoms with van der Waals surface area (Å²) < 4.78 is 45.2. The molecule has 11 nitrogen and oxygen atoms in total. The van der Waals surface area contributed by atoms with Crippen LogP contribution in [0, 0.1) is 0 Å². The lowest BCUT2D eigenvalue weighted by Gasteiger charge is -2.34. The Morgan fingerprint density at radius 1 is 1.06 bits per heavy atom. The number of alkyl halides is 3. The highest BCUT2D eigenvalue weighted by molar-refractivity contribution is 5.76. The number of carbonyl (C=O) groups excluding carboxylic acids is 1. The molecule has 1 fully saturated rings. The molecule has 14 heteroatoms. The zero-order chi connectivity index (χ0) is 23.4. The van der Waals surface area contributed by atoms with Crippen LogP contribution < -0.4 is 10.5 Å². The van der Waals surface area contributed by atoms with Gasteiger partial charge in [0.15, 0.2) is 5.52 Å². The maximum Gasteiger partial charge on any atom is 0.419 e. The number of carbonyl (C=O) groups is 1. The summed E-state index contributed by atoms with van der Waals surface area (Å²) in [6.07, 6.45) is 0.312. The molecule has 3 aromatic rings. The molecule has 1 N–H and O–H groups in total. The van der Waals surface area contributed by atoms with E-state index in [4.69, 9.17) is 4.74 Å². The largest absolute Gasteiger partial charge is 0.419 e. The van der Waals surface area contributed by atoms with Crippen molar-refractivity contribution in [1.82, 2.24) is 34.6 Å². The predicted octanol–water partition coefficient (Wildman–Crippen LogP) is 0.684. The van der Waals surface area contributed by atoms with Crippen LogP contribution in [0.1, 0.15) is 12.0 Å². The lowest BCUT2D eigenvalue weighted by Crippen LogP contribution is -2.49. The number of nitrogens with one attached hydrogen (secondary N) is 1. The van der Waals surface area contributed by atoms with Gasteiger partial charge < -0.3 is 19.1 Å². The Labute approximate surface area is 185 Å². The number of anilines is 1. The molecule has 4 rings (SSSR count). The second-order valence-electron chi connectivity index (χ2n) is 7.37. The topological polar surface area (TPSA) is 122 Å². The number of hydrogen-bond donors (Lipinski definition) is 1. The van der Waals surface area contributed by atoms with Gasteiger partial charge in [-0.3, -0.25) is 9.59 Å². The molecular formula is C19H21F3N8O3. The van der Waals surface area contributed by atoms with Crippen LogP contribution in [0.5, 0.6) is 0 Å². The Morgan fingerprint density at radius 2 is 1.79 bits per heavy atom. The van der Waals surface area contributed by atoms with Gasteiger partial charge in [0.05, 0.1) is 43.2 Å². The van der Waals surface area contributed by atoms with Gasteiger partial charge in [0.25, 0.3) is 5.56 Å². The summed E-state index contributed by atoms with van der Waals surface area (Å²) in [5.41, 5.74) is -0.344. The van der Waals surface area contributed by atoms with Crippen molar-refractivity contribution in [2.75, 3.05) is 44.3 Å². The molecule has 0 saturated carbocycles. The van der Waals surface area contributed by atoms with Crippen LogP contribution in [-0.2, 0) is 22.3 Å². The maximum absolute atomic E-state index is 12.6. The van der Waals surface area contributed by atoms with Crippen molar-refractivity contribution in [1.29, 1.82) is 0 Å². The molecule has 0 bridgehead atoms. The first-order chi connectivity index (χ1) is 15.8. The Balaban J connectivity index is 1.17. The number of halogens is 3. The minimum atomic E-state index is -4.48. The molecule has 3 aromatic heterocycles. The summed E-state index contributed by atoms with van der Waals surface area (Å²) in [6, 6.07) is 0. The number of nitrogens with zero attached hydrogens (tertiary/aromatic N) is 7. The van der Waals surface area contributed by atoms with Crippen LogP contribution in [0.4, 0.5) is 19.1 Å². The number of amides is 1. The third-order valence-electron chi connectivity index (χ3n) is 5.26. The number of imidazole rings is 1. The van der Waals surface area contributed by atoms with Crippen molar-refractivity contribution in [2.24, 2.45) is 0 Å². The fourth-order valence-corrected chi connectivity index (χ4v) is 3.45. The van der Waals surface area contributed by atoms with Crippen LogP contribution in [-0.4, -0.2) is 79.9 Å². The number of H-pyrrole nitrogens is 1. The van der Waals surface area contributed by atoms with Gasteiger partial charge >= 0.3 is 6.18 Å². The summed E-state index contributed by atoms with van der Waals surface area (Å²) >= 11 is 0. The molecule has 0 unspecified atom stereocenters. The normalized spacial score (nSPS) is 14.8. The van der Waals surface area contributed by atoms with Crippen molar-refractivity contribution < 1.29 is 22.7 Å². The molecule has 0 atom stereocenters. The number of hydrogen-bond acceptors (Lipinski definition) is 8. The van der Waals surface area contributed by atoms with Gasteiger partial charge in [-0.05, 0) is 0 Å². The van der Waals surface area contributed by atoms with E-state index >= 15 is 0 Å². The first-order valence-corrected chi connectivity index (χ1v) is 10.2. The van der Waals surface area contributed by atoms with Gasteiger partial charge in [-0.25, -0.2) is 20.1 Å². The zero-order valence-corrected chi connectivity index (χ0v) is 17.5. The minimum Gasteiger partial charge on any atom is -0.379 e. The van der Waals surface area contributed by atoms with E-state index in [0.717, 1.165) is 12.4 Å². The van der Waals surface area contributed by atoms with Gasteiger partial charge in [0.2, 0.25) is 11.9 Å². The monoisotopic (exact) mass is 466 g/mol. The summed E-state index contributed by atoms with van der Waals surface area (Å²) in [5, 5.41) is 6.08. The highest BCUT2D eigenvalue weighted by Gasteiger charge is 2.32. The predicted molar refractivity (Wildman–Crippen MR) is 109 cm³/mol. The molecule has 0 spiro atoms. The van der Waals surface area contributed by atoms with Crippen LogP contribution in [0.3, 0.4) is 0 Å². The van der Waals surface area contributed by atoms with Gasteiger partial charge in [0.1, 0.15) is 0 Å². The zero-order valence-electron chi connectivity index (χ0n) is 17.5. The molecule has 1 aliphatic heterocycles. The number of aromatic amines is 1.